The zero-order valence-electron chi connectivity index (χ0n) is 16.7. The summed E-state index contributed by atoms with van der Waals surface area (Å²) in [7, 11) is 0. The summed E-state index contributed by atoms with van der Waals surface area (Å²) in [6, 6.07) is 4.31. The number of aliphatic hydroxyl groups excluding tert-OH is 2. The van der Waals surface area contributed by atoms with E-state index in [1.165, 1.54) is 22.4 Å². The van der Waals surface area contributed by atoms with Gasteiger partial charge in [0, 0.05) is 17.9 Å². The van der Waals surface area contributed by atoms with E-state index in [1.54, 1.807) is 6.92 Å². The van der Waals surface area contributed by atoms with Crippen molar-refractivity contribution in [1.29, 1.82) is 0 Å². The third-order valence-corrected chi connectivity index (χ3v) is 5.70. The van der Waals surface area contributed by atoms with Gasteiger partial charge >= 0.3 is 0 Å². The first-order chi connectivity index (χ1) is 14.3. The number of hydrogen-bond acceptors (Lipinski definition) is 6. The quantitative estimate of drug-likeness (QED) is 0.660. The van der Waals surface area contributed by atoms with Crippen molar-refractivity contribution in [3.8, 4) is 11.5 Å². The summed E-state index contributed by atoms with van der Waals surface area (Å²) in [5.41, 5.74) is -0.141. The number of aromatic nitrogens is 1. The average Bonchev–Trinajstić information content (AvgIpc) is 2.71. The number of ether oxygens (including phenoxy) is 1. The van der Waals surface area contributed by atoms with Crippen molar-refractivity contribution in [2.45, 2.75) is 44.7 Å². The molecule has 30 heavy (non-hydrogen) atoms. The summed E-state index contributed by atoms with van der Waals surface area (Å²) >= 11 is 1.48. The van der Waals surface area contributed by atoms with Gasteiger partial charge in [0.2, 0.25) is 0 Å². The van der Waals surface area contributed by atoms with Crippen LogP contribution in [0.25, 0.3) is 5.41 Å². The number of thioether (sulfide) groups is 1. The highest BCUT2D eigenvalue weighted by Crippen LogP contribution is 2.24. The Morgan fingerprint density at radius 3 is 2.70 bits per heavy atom. The van der Waals surface area contributed by atoms with E-state index in [-0.39, 0.29) is 35.9 Å². The highest BCUT2D eigenvalue weighted by Gasteiger charge is 2.18. The summed E-state index contributed by atoms with van der Waals surface area (Å²) in [6.45, 7) is 3.59. The molecule has 3 atom stereocenters. The second-order valence-electron chi connectivity index (χ2n) is 7.43. The van der Waals surface area contributed by atoms with Crippen LogP contribution in [-0.4, -0.2) is 32.9 Å². The van der Waals surface area contributed by atoms with E-state index in [0.29, 0.717) is 16.8 Å². The maximum atomic E-state index is 14.0. The molecule has 0 amide bonds. The van der Waals surface area contributed by atoms with Crippen LogP contribution < -0.4 is 21.0 Å². The lowest BCUT2D eigenvalue weighted by molar-refractivity contribution is 0.169. The lowest BCUT2D eigenvalue weighted by Crippen LogP contribution is -2.47. The van der Waals surface area contributed by atoms with Gasteiger partial charge in [-0.1, -0.05) is 6.92 Å². The van der Waals surface area contributed by atoms with Crippen molar-refractivity contribution in [1.82, 2.24) is 4.57 Å². The molecule has 0 aliphatic carbocycles. The minimum absolute atomic E-state index is 0.00790. The van der Waals surface area contributed by atoms with Crippen LogP contribution in [-0.2, 0) is 6.54 Å². The molecule has 0 saturated carbocycles. The van der Waals surface area contributed by atoms with Crippen molar-refractivity contribution < 1.29 is 23.7 Å². The molecular weight excluding hydrogens is 414 g/mol. The van der Waals surface area contributed by atoms with E-state index < -0.39 is 23.3 Å². The number of rotatable bonds is 8. The molecular formula is C21H24F2N2O4S. The molecule has 0 radical (unpaired) electrons. The largest absolute Gasteiger partial charge is 0.448 e. The SMILES string of the molecule is C[C@@H](CO)CCC1N=c2c(cc(Oc3ccc(F)cc3F)c(=O)n2C[C@H](C)O)=CS1. The lowest BCUT2D eigenvalue weighted by Gasteiger charge is -2.18. The van der Waals surface area contributed by atoms with Crippen LogP contribution >= 0.6 is 11.8 Å². The molecule has 0 bridgehead atoms. The van der Waals surface area contributed by atoms with Crippen molar-refractivity contribution >= 4 is 17.2 Å². The van der Waals surface area contributed by atoms with Crippen LogP contribution in [0.4, 0.5) is 8.78 Å². The molecule has 0 saturated heterocycles. The van der Waals surface area contributed by atoms with Crippen LogP contribution in [0.3, 0.4) is 0 Å². The van der Waals surface area contributed by atoms with Gasteiger partial charge in [-0.3, -0.25) is 14.4 Å². The molecule has 9 heteroatoms. The van der Waals surface area contributed by atoms with E-state index >= 15 is 0 Å². The van der Waals surface area contributed by atoms with Gasteiger partial charge in [-0.25, -0.2) is 8.78 Å². The van der Waals surface area contributed by atoms with E-state index in [1.807, 2.05) is 12.3 Å². The van der Waals surface area contributed by atoms with Crippen LogP contribution in [0, 0.1) is 17.6 Å². The summed E-state index contributed by atoms with van der Waals surface area (Å²) < 4.78 is 33.9. The molecule has 6 nitrogen and oxygen atoms in total. The molecule has 0 fully saturated rings. The molecule has 1 aromatic carbocycles. The summed E-state index contributed by atoms with van der Waals surface area (Å²) in [5, 5.41) is 21.4. The van der Waals surface area contributed by atoms with Gasteiger partial charge in [0.15, 0.2) is 17.3 Å². The Bertz CT molecular complexity index is 1090. The topological polar surface area (TPSA) is 84.1 Å². The van der Waals surface area contributed by atoms with Crippen molar-refractivity contribution in [2.24, 2.45) is 10.9 Å². The van der Waals surface area contributed by atoms with Crippen molar-refractivity contribution in [3.63, 3.8) is 0 Å². The zero-order chi connectivity index (χ0) is 21.8. The number of aliphatic hydroxyl groups is 2. The predicted octanol–water partition coefficient (Wildman–Crippen LogP) is 2.14. The molecule has 1 aliphatic rings. The standard InChI is InChI=1S/C21H24F2N2O4S/c1-12(10-26)3-6-19-24-20-14(11-30-19)7-18(21(28)25(20)9-13(2)27)29-17-5-4-15(22)8-16(17)23/h4-5,7-8,11-13,19,26-27H,3,6,9-10H2,1-2H3/t12-,13+,19?/m1/s1. The van der Waals surface area contributed by atoms with Gasteiger partial charge in [-0.2, -0.15) is 0 Å². The molecule has 0 spiro atoms. The molecule has 1 aromatic heterocycles. The minimum Gasteiger partial charge on any atom is -0.448 e. The molecule has 1 unspecified atom stereocenters. The molecule has 2 heterocycles. The van der Waals surface area contributed by atoms with E-state index in [4.69, 9.17) is 4.74 Å². The Kier molecular flexibility index (Phi) is 7.27. The molecule has 3 rings (SSSR count). The summed E-state index contributed by atoms with van der Waals surface area (Å²) in [5.74, 6) is -1.92. The van der Waals surface area contributed by atoms with Crippen molar-refractivity contribution in [3.05, 3.63) is 57.0 Å². The third kappa shape index (κ3) is 5.27. The van der Waals surface area contributed by atoms with Crippen LogP contribution in [0.5, 0.6) is 11.5 Å². The van der Waals surface area contributed by atoms with Gasteiger partial charge in [0.05, 0.1) is 12.6 Å². The Balaban J connectivity index is 2.02. The Morgan fingerprint density at radius 2 is 2.03 bits per heavy atom. The normalized spacial score (nSPS) is 17.5. The first kappa shape index (κ1) is 22.5. The van der Waals surface area contributed by atoms with Gasteiger partial charge in [0.25, 0.3) is 5.56 Å². The fourth-order valence-corrected chi connectivity index (χ4v) is 3.95. The maximum Gasteiger partial charge on any atom is 0.295 e. The first-order valence-electron chi connectivity index (χ1n) is 9.67. The fourth-order valence-electron chi connectivity index (χ4n) is 3.04. The number of benzene rings is 1. The summed E-state index contributed by atoms with van der Waals surface area (Å²) in [4.78, 5) is 17.7. The molecule has 2 aromatic rings. The van der Waals surface area contributed by atoms with E-state index in [0.717, 1.165) is 25.0 Å². The zero-order valence-corrected chi connectivity index (χ0v) is 17.5. The number of hydrogen-bond donors (Lipinski definition) is 2. The molecule has 162 valence electrons. The Hall–Kier alpha value is -2.23. The first-order valence-corrected chi connectivity index (χ1v) is 10.6. The molecule has 2 N–H and O–H groups in total. The number of halogens is 2. The molecule has 1 aliphatic heterocycles. The van der Waals surface area contributed by atoms with Crippen LogP contribution in [0.15, 0.2) is 34.1 Å². The maximum absolute atomic E-state index is 14.0. The number of nitrogens with zero attached hydrogens (tertiary/aromatic N) is 2. The highest BCUT2D eigenvalue weighted by atomic mass is 32.2. The Morgan fingerprint density at radius 1 is 1.27 bits per heavy atom. The van der Waals surface area contributed by atoms with Crippen LogP contribution in [0.1, 0.15) is 26.7 Å². The second kappa shape index (κ2) is 9.72. The fraction of sp³-hybridized carbons (Fsp3) is 0.429. The minimum atomic E-state index is -0.921. The number of pyridine rings is 1. The second-order valence-corrected chi connectivity index (χ2v) is 8.48. The smallest absolute Gasteiger partial charge is 0.295 e. The highest BCUT2D eigenvalue weighted by molar-refractivity contribution is 8.07. The van der Waals surface area contributed by atoms with Crippen molar-refractivity contribution in [2.75, 3.05) is 6.61 Å². The van der Waals surface area contributed by atoms with E-state index in [2.05, 4.69) is 4.99 Å². The summed E-state index contributed by atoms with van der Waals surface area (Å²) in [6.07, 6.45) is 0.693. The van der Waals surface area contributed by atoms with E-state index in [9.17, 15) is 23.8 Å². The van der Waals surface area contributed by atoms with Gasteiger partial charge < -0.3 is 14.9 Å². The monoisotopic (exact) mass is 438 g/mol. The van der Waals surface area contributed by atoms with Gasteiger partial charge in [-0.05, 0) is 49.3 Å². The predicted molar refractivity (Wildman–Crippen MR) is 111 cm³/mol. The number of fused-ring (bicyclic) bond motifs is 1. The average molecular weight is 438 g/mol. The van der Waals surface area contributed by atoms with Crippen LogP contribution in [0.2, 0.25) is 0 Å². The lowest BCUT2D eigenvalue weighted by atomic mass is 10.1. The van der Waals surface area contributed by atoms with Gasteiger partial charge in [0.1, 0.15) is 16.7 Å². The van der Waals surface area contributed by atoms with Gasteiger partial charge in [-0.15, -0.1) is 11.8 Å². The Labute approximate surface area is 176 Å². The third-order valence-electron chi connectivity index (χ3n) is 4.65.